The van der Waals surface area contributed by atoms with Crippen LogP contribution >= 0.6 is 0 Å². The van der Waals surface area contributed by atoms with Crippen molar-refractivity contribution in [1.82, 2.24) is 15.2 Å². The van der Waals surface area contributed by atoms with Crippen LogP contribution in [0.2, 0.25) is 0 Å². The van der Waals surface area contributed by atoms with Crippen molar-refractivity contribution < 1.29 is 27.1 Å². The molecule has 0 radical (unpaired) electrons. The number of anilines is 1. The second-order valence-corrected chi connectivity index (χ2v) is 8.27. The van der Waals surface area contributed by atoms with Gasteiger partial charge in [-0.2, -0.15) is 13.2 Å². The van der Waals surface area contributed by atoms with Crippen LogP contribution in [0.25, 0.3) is 11.3 Å². The van der Waals surface area contributed by atoms with Crippen LogP contribution in [0.1, 0.15) is 23.4 Å². The van der Waals surface area contributed by atoms with E-state index in [0.29, 0.717) is 37.0 Å². The Hall–Kier alpha value is -3.69. The lowest BCUT2D eigenvalue weighted by atomic mass is 10.1. The van der Waals surface area contributed by atoms with E-state index in [-0.39, 0.29) is 18.1 Å². The molecule has 0 spiro atoms. The molecule has 3 aromatic rings. The van der Waals surface area contributed by atoms with Gasteiger partial charge in [-0.15, -0.1) is 0 Å². The molecule has 2 amide bonds. The van der Waals surface area contributed by atoms with E-state index in [4.69, 9.17) is 9.15 Å². The zero-order valence-electron chi connectivity index (χ0n) is 19.6. The summed E-state index contributed by atoms with van der Waals surface area (Å²) in [5.74, 6) is 1.84. The second-order valence-electron chi connectivity index (χ2n) is 8.27. The van der Waals surface area contributed by atoms with Crippen LogP contribution in [0.4, 0.5) is 23.7 Å². The standard InChI is InChI=1S/C25H27F3N4O3/c1-17-29-16-23(35-17)20-9-8-19(14-22(20)34-2)31-10-5-11-32(13-12-31)24(33)30-15-18-6-3-4-7-21(18)25(26,27)28/h3-4,6-9,14,16H,5,10-13,15H2,1-2H3,(H,30,33). The molecule has 0 aliphatic carbocycles. The third-order valence-electron chi connectivity index (χ3n) is 5.97. The van der Waals surface area contributed by atoms with Gasteiger partial charge in [0.25, 0.3) is 0 Å². The quantitative estimate of drug-likeness (QED) is 0.541. The molecule has 0 saturated carbocycles. The van der Waals surface area contributed by atoms with E-state index in [2.05, 4.69) is 15.2 Å². The van der Waals surface area contributed by atoms with E-state index < -0.39 is 11.7 Å². The number of oxazole rings is 1. The fourth-order valence-corrected chi connectivity index (χ4v) is 4.18. The molecule has 1 N–H and O–H groups in total. The molecule has 186 valence electrons. The third kappa shape index (κ3) is 5.70. The minimum absolute atomic E-state index is 0.0407. The predicted molar refractivity (Wildman–Crippen MR) is 125 cm³/mol. The molecule has 0 unspecified atom stereocenters. The molecule has 0 bridgehead atoms. The molecule has 10 heteroatoms. The third-order valence-corrected chi connectivity index (χ3v) is 5.97. The Labute approximate surface area is 201 Å². The number of hydrogen-bond donors (Lipinski definition) is 1. The normalized spacial score (nSPS) is 14.5. The number of nitrogens with one attached hydrogen (secondary N) is 1. The highest BCUT2D eigenvalue weighted by atomic mass is 19.4. The number of nitrogens with zero attached hydrogens (tertiary/aromatic N) is 3. The van der Waals surface area contributed by atoms with Crippen LogP contribution in [-0.4, -0.2) is 49.2 Å². The molecule has 2 aromatic carbocycles. The SMILES string of the molecule is COc1cc(N2CCCN(C(=O)NCc3ccccc3C(F)(F)F)CC2)ccc1-c1cnc(C)o1. The Morgan fingerprint density at radius 2 is 1.94 bits per heavy atom. The van der Waals surface area contributed by atoms with Crippen molar-refractivity contribution in [3.63, 3.8) is 0 Å². The maximum Gasteiger partial charge on any atom is 0.416 e. The summed E-state index contributed by atoms with van der Waals surface area (Å²) in [5.41, 5.74) is 1.05. The van der Waals surface area contributed by atoms with Crippen LogP contribution in [0, 0.1) is 6.92 Å². The molecule has 1 fully saturated rings. The summed E-state index contributed by atoms with van der Waals surface area (Å²) >= 11 is 0. The Morgan fingerprint density at radius 3 is 2.66 bits per heavy atom. The molecule has 1 aliphatic heterocycles. The number of halogens is 3. The van der Waals surface area contributed by atoms with E-state index in [1.54, 1.807) is 25.1 Å². The Morgan fingerprint density at radius 1 is 1.14 bits per heavy atom. The van der Waals surface area contributed by atoms with Crippen molar-refractivity contribution in [3.8, 4) is 17.1 Å². The number of methoxy groups -OCH3 is 1. The molecule has 1 aliphatic rings. The number of benzene rings is 2. The highest BCUT2D eigenvalue weighted by molar-refractivity contribution is 5.74. The van der Waals surface area contributed by atoms with Crippen LogP contribution < -0.4 is 15.0 Å². The first-order chi connectivity index (χ1) is 16.8. The Balaban J connectivity index is 1.39. The number of carbonyl (C=O) groups is 1. The maximum atomic E-state index is 13.2. The summed E-state index contributed by atoms with van der Waals surface area (Å²) in [6, 6.07) is 10.7. The van der Waals surface area contributed by atoms with Gasteiger partial charge < -0.3 is 24.3 Å². The monoisotopic (exact) mass is 488 g/mol. The van der Waals surface area contributed by atoms with Crippen molar-refractivity contribution in [2.45, 2.75) is 26.1 Å². The summed E-state index contributed by atoms with van der Waals surface area (Å²) in [6.45, 7) is 3.85. The lowest BCUT2D eigenvalue weighted by molar-refractivity contribution is -0.138. The van der Waals surface area contributed by atoms with Crippen LogP contribution in [0.15, 0.2) is 53.1 Å². The van der Waals surface area contributed by atoms with Crippen molar-refractivity contribution in [3.05, 3.63) is 65.7 Å². The first-order valence-corrected chi connectivity index (χ1v) is 11.3. The van der Waals surface area contributed by atoms with Crippen molar-refractivity contribution in [2.24, 2.45) is 0 Å². The number of alkyl halides is 3. The number of urea groups is 1. The van der Waals surface area contributed by atoms with E-state index in [9.17, 15) is 18.0 Å². The molecule has 0 atom stereocenters. The van der Waals surface area contributed by atoms with Gasteiger partial charge in [-0.3, -0.25) is 0 Å². The van der Waals surface area contributed by atoms with Gasteiger partial charge >= 0.3 is 12.2 Å². The van der Waals surface area contributed by atoms with Gasteiger partial charge in [-0.25, -0.2) is 9.78 Å². The molecular weight excluding hydrogens is 461 g/mol. The average Bonchev–Trinajstić information content (AvgIpc) is 3.12. The summed E-state index contributed by atoms with van der Waals surface area (Å²) in [7, 11) is 1.59. The van der Waals surface area contributed by atoms with Crippen LogP contribution in [0.3, 0.4) is 0 Å². The topological polar surface area (TPSA) is 70.8 Å². The number of ether oxygens (including phenoxy) is 1. The first-order valence-electron chi connectivity index (χ1n) is 11.3. The van der Waals surface area contributed by atoms with Gasteiger partial charge in [-0.1, -0.05) is 18.2 Å². The van der Waals surface area contributed by atoms with Gasteiger partial charge in [-0.05, 0) is 30.2 Å². The van der Waals surface area contributed by atoms with Crippen LogP contribution in [0.5, 0.6) is 5.75 Å². The minimum atomic E-state index is -4.46. The zero-order chi connectivity index (χ0) is 25.0. The molecule has 1 saturated heterocycles. The number of amides is 2. The predicted octanol–water partition coefficient (Wildman–Crippen LogP) is 5.10. The van der Waals surface area contributed by atoms with Crippen LogP contribution in [-0.2, 0) is 12.7 Å². The minimum Gasteiger partial charge on any atom is -0.496 e. The lowest BCUT2D eigenvalue weighted by Gasteiger charge is -2.25. The van der Waals surface area contributed by atoms with Gasteiger partial charge in [0.05, 0.1) is 24.4 Å². The molecule has 2 heterocycles. The van der Waals surface area contributed by atoms with Gasteiger partial charge in [0.1, 0.15) is 5.75 Å². The summed E-state index contributed by atoms with van der Waals surface area (Å²) in [4.78, 5) is 20.6. The number of hydrogen-bond acceptors (Lipinski definition) is 5. The molecule has 4 rings (SSSR count). The van der Waals surface area contributed by atoms with Crippen molar-refractivity contribution >= 4 is 11.7 Å². The first kappa shape index (κ1) is 24.4. The Kier molecular flexibility index (Phi) is 7.18. The van der Waals surface area contributed by atoms with Gasteiger partial charge in [0.2, 0.25) is 0 Å². The van der Waals surface area contributed by atoms with E-state index in [1.165, 1.54) is 18.2 Å². The summed E-state index contributed by atoms with van der Waals surface area (Å²) in [5, 5.41) is 2.64. The fourth-order valence-electron chi connectivity index (χ4n) is 4.18. The highest BCUT2D eigenvalue weighted by Crippen LogP contribution is 2.34. The molecule has 1 aromatic heterocycles. The van der Waals surface area contributed by atoms with E-state index >= 15 is 0 Å². The lowest BCUT2D eigenvalue weighted by Crippen LogP contribution is -2.42. The zero-order valence-corrected chi connectivity index (χ0v) is 19.6. The second kappa shape index (κ2) is 10.3. The maximum absolute atomic E-state index is 13.2. The largest absolute Gasteiger partial charge is 0.496 e. The molecule has 7 nitrogen and oxygen atoms in total. The smallest absolute Gasteiger partial charge is 0.416 e. The highest BCUT2D eigenvalue weighted by Gasteiger charge is 2.33. The van der Waals surface area contributed by atoms with E-state index in [1.807, 2.05) is 18.2 Å². The number of rotatable bonds is 5. The molecular formula is C25H27F3N4O3. The number of aromatic nitrogens is 1. The Bertz CT molecular complexity index is 1180. The summed E-state index contributed by atoms with van der Waals surface area (Å²) in [6.07, 6.45) is -2.09. The molecule has 35 heavy (non-hydrogen) atoms. The van der Waals surface area contributed by atoms with E-state index in [0.717, 1.165) is 30.3 Å². The number of aryl methyl sites for hydroxylation is 1. The van der Waals surface area contributed by atoms with Crippen molar-refractivity contribution in [2.75, 3.05) is 38.2 Å². The van der Waals surface area contributed by atoms with Gasteiger partial charge in [0, 0.05) is 51.4 Å². The summed E-state index contributed by atoms with van der Waals surface area (Å²) < 4.78 is 50.8. The average molecular weight is 489 g/mol. The van der Waals surface area contributed by atoms with Gasteiger partial charge in [0.15, 0.2) is 11.7 Å². The van der Waals surface area contributed by atoms with Crippen molar-refractivity contribution in [1.29, 1.82) is 0 Å². The fraction of sp³-hybridized carbons (Fsp3) is 0.360. The number of carbonyl (C=O) groups excluding carboxylic acids is 1.